The summed E-state index contributed by atoms with van der Waals surface area (Å²) in [6.07, 6.45) is 8.77. The molecule has 0 unspecified atom stereocenters. The Labute approximate surface area is 87.8 Å². The maximum Gasteiger partial charge on any atom is 0.0812 e. The Hall–Kier alpha value is -0.560. The quantitative estimate of drug-likeness (QED) is 0.606. The van der Waals surface area contributed by atoms with Crippen molar-refractivity contribution in [1.82, 2.24) is 0 Å². The topological polar surface area (TPSA) is 9.23 Å². The van der Waals surface area contributed by atoms with Crippen molar-refractivity contribution in [1.29, 1.82) is 0 Å². The molecule has 1 fully saturated rings. The van der Waals surface area contributed by atoms with Crippen molar-refractivity contribution < 1.29 is 4.74 Å². The average molecular weight is 194 g/mol. The summed E-state index contributed by atoms with van der Waals surface area (Å²) in [5, 5.41) is 0. The van der Waals surface area contributed by atoms with Crippen LogP contribution < -0.4 is 0 Å². The van der Waals surface area contributed by atoms with Crippen molar-refractivity contribution in [2.45, 2.75) is 45.1 Å². The summed E-state index contributed by atoms with van der Waals surface area (Å²) < 4.78 is 5.77. The van der Waals surface area contributed by atoms with E-state index in [2.05, 4.69) is 20.1 Å². The molecular formula is C13H22O. The van der Waals surface area contributed by atoms with Gasteiger partial charge in [0.2, 0.25) is 0 Å². The van der Waals surface area contributed by atoms with Crippen LogP contribution in [-0.2, 0) is 4.74 Å². The zero-order valence-electron chi connectivity index (χ0n) is 9.30. The Morgan fingerprint density at radius 1 is 1.43 bits per heavy atom. The lowest BCUT2D eigenvalue weighted by Crippen LogP contribution is -2.27. The summed E-state index contributed by atoms with van der Waals surface area (Å²) >= 11 is 0. The fourth-order valence-electron chi connectivity index (χ4n) is 2.29. The zero-order chi connectivity index (χ0) is 10.4. The molecule has 1 rings (SSSR count). The molecule has 0 bridgehead atoms. The Balaban J connectivity index is 2.46. The zero-order valence-corrected chi connectivity index (χ0v) is 9.30. The molecule has 0 saturated heterocycles. The number of hydrogen-bond acceptors (Lipinski definition) is 1. The second kappa shape index (κ2) is 6.02. The van der Waals surface area contributed by atoms with Gasteiger partial charge in [0.15, 0.2) is 0 Å². The lowest BCUT2D eigenvalue weighted by molar-refractivity contribution is 0.0415. The first-order chi connectivity index (χ1) is 6.75. The van der Waals surface area contributed by atoms with E-state index < -0.39 is 0 Å². The first kappa shape index (κ1) is 11.5. The van der Waals surface area contributed by atoms with Crippen LogP contribution in [0.1, 0.15) is 39.0 Å². The minimum atomic E-state index is 0.258. The molecule has 1 atom stereocenters. The lowest BCUT2D eigenvalue weighted by atomic mass is 9.83. The van der Waals surface area contributed by atoms with Gasteiger partial charge in [-0.3, -0.25) is 0 Å². The highest BCUT2D eigenvalue weighted by Gasteiger charge is 2.24. The second-order valence-corrected chi connectivity index (χ2v) is 4.29. The Morgan fingerprint density at radius 2 is 2.07 bits per heavy atom. The van der Waals surface area contributed by atoms with E-state index in [1.54, 1.807) is 0 Å². The molecule has 0 aromatic heterocycles. The minimum absolute atomic E-state index is 0.258. The van der Waals surface area contributed by atoms with Crippen LogP contribution in [0.5, 0.6) is 0 Å². The Morgan fingerprint density at radius 3 is 2.57 bits per heavy atom. The molecule has 1 heteroatoms. The number of hydrogen-bond donors (Lipinski definition) is 0. The molecule has 0 amide bonds. The molecule has 0 spiro atoms. The highest BCUT2D eigenvalue weighted by molar-refractivity contribution is 5.01. The molecular weight excluding hydrogens is 172 g/mol. The standard InChI is InChI=1S/C13H22O/c1-4-10-14-13(11(2)3)12-8-6-5-7-9-12/h4,12-13H,1-2,5-10H2,3H3/t13-/m1/s1. The lowest BCUT2D eigenvalue weighted by Gasteiger charge is -2.30. The van der Waals surface area contributed by atoms with Gasteiger partial charge in [0, 0.05) is 0 Å². The van der Waals surface area contributed by atoms with E-state index in [-0.39, 0.29) is 6.10 Å². The van der Waals surface area contributed by atoms with Crippen LogP contribution in [0.3, 0.4) is 0 Å². The molecule has 14 heavy (non-hydrogen) atoms. The van der Waals surface area contributed by atoms with Crippen molar-refractivity contribution in [3.63, 3.8) is 0 Å². The van der Waals surface area contributed by atoms with Gasteiger partial charge in [-0.2, -0.15) is 0 Å². The van der Waals surface area contributed by atoms with E-state index in [1.165, 1.54) is 37.7 Å². The molecule has 0 aromatic rings. The van der Waals surface area contributed by atoms with Crippen LogP contribution in [0.2, 0.25) is 0 Å². The van der Waals surface area contributed by atoms with Crippen molar-refractivity contribution in [3.8, 4) is 0 Å². The van der Waals surface area contributed by atoms with Crippen molar-refractivity contribution in [3.05, 3.63) is 24.8 Å². The summed E-state index contributed by atoms with van der Waals surface area (Å²) in [4.78, 5) is 0. The highest BCUT2D eigenvalue weighted by Crippen LogP contribution is 2.30. The van der Waals surface area contributed by atoms with E-state index >= 15 is 0 Å². The van der Waals surface area contributed by atoms with Crippen LogP contribution in [0, 0.1) is 5.92 Å². The molecule has 0 aliphatic heterocycles. The van der Waals surface area contributed by atoms with Crippen LogP contribution in [0.25, 0.3) is 0 Å². The predicted molar refractivity (Wildman–Crippen MR) is 61.3 cm³/mol. The maximum absolute atomic E-state index is 5.77. The second-order valence-electron chi connectivity index (χ2n) is 4.29. The highest BCUT2D eigenvalue weighted by atomic mass is 16.5. The Bertz CT molecular complexity index is 189. The maximum atomic E-state index is 5.77. The van der Waals surface area contributed by atoms with Crippen LogP contribution >= 0.6 is 0 Å². The molecule has 80 valence electrons. The van der Waals surface area contributed by atoms with Gasteiger partial charge >= 0.3 is 0 Å². The largest absolute Gasteiger partial charge is 0.370 e. The summed E-state index contributed by atoms with van der Waals surface area (Å²) in [6, 6.07) is 0. The molecule has 1 nitrogen and oxygen atoms in total. The van der Waals surface area contributed by atoms with Crippen LogP contribution in [0.15, 0.2) is 24.8 Å². The van der Waals surface area contributed by atoms with Gasteiger partial charge in [-0.15, -0.1) is 6.58 Å². The van der Waals surface area contributed by atoms with E-state index in [9.17, 15) is 0 Å². The molecule has 1 aliphatic rings. The van der Waals surface area contributed by atoms with E-state index in [1.807, 2.05) is 6.08 Å². The van der Waals surface area contributed by atoms with E-state index in [0.717, 1.165) is 0 Å². The molecule has 1 aliphatic carbocycles. The third-order valence-corrected chi connectivity index (χ3v) is 2.96. The summed E-state index contributed by atoms with van der Waals surface area (Å²) in [7, 11) is 0. The summed E-state index contributed by atoms with van der Waals surface area (Å²) in [6.45, 7) is 10.4. The smallest absolute Gasteiger partial charge is 0.0812 e. The van der Waals surface area contributed by atoms with Crippen LogP contribution in [-0.4, -0.2) is 12.7 Å². The summed E-state index contributed by atoms with van der Waals surface area (Å²) in [5.41, 5.74) is 1.17. The normalized spacial score (nSPS) is 20.4. The monoisotopic (exact) mass is 194 g/mol. The predicted octanol–water partition coefficient (Wildman–Crippen LogP) is 3.71. The van der Waals surface area contributed by atoms with Gasteiger partial charge in [-0.1, -0.05) is 37.5 Å². The van der Waals surface area contributed by atoms with Gasteiger partial charge < -0.3 is 4.74 Å². The van der Waals surface area contributed by atoms with Gasteiger partial charge in [0.1, 0.15) is 0 Å². The number of rotatable bonds is 5. The van der Waals surface area contributed by atoms with Gasteiger partial charge in [-0.25, -0.2) is 0 Å². The minimum Gasteiger partial charge on any atom is -0.370 e. The third-order valence-electron chi connectivity index (χ3n) is 2.96. The first-order valence-corrected chi connectivity index (χ1v) is 5.63. The summed E-state index contributed by atoms with van der Waals surface area (Å²) in [5.74, 6) is 0.696. The van der Waals surface area contributed by atoms with E-state index in [4.69, 9.17) is 4.74 Å². The van der Waals surface area contributed by atoms with Crippen molar-refractivity contribution >= 4 is 0 Å². The molecule has 0 N–H and O–H groups in total. The van der Waals surface area contributed by atoms with Gasteiger partial charge in [0.05, 0.1) is 12.7 Å². The third kappa shape index (κ3) is 3.30. The Kier molecular flexibility index (Phi) is 4.95. The molecule has 0 aromatic carbocycles. The molecule has 0 heterocycles. The average Bonchev–Trinajstić information content (AvgIpc) is 2.19. The first-order valence-electron chi connectivity index (χ1n) is 5.63. The number of ether oxygens (including phenoxy) is 1. The SMILES string of the molecule is C=CCO[C@H](C(=C)C)C1CCCCC1. The molecule has 1 saturated carbocycles. The fourth-order valence-corrected chi connectivity index (χ4v) is 2.29. The van der Waals surface area contributed by atoms with Crippen LogP contribution in [0.4, 0.5) is 0 Å². The fraction of sp³-hybridized carbons (Fsp3) is 0.692. The van der Waals surface area contributed by atoms with Gasteiger partial charge in [-0.05, 0) is 25.7 Å². The van der Waals surface area contributed by atoms with Crippen molar-refractivity contribution in [2.75, 3.05) is 6.61 Å². The van der Waals surface area contributed by atoms with Gasteiger partial charge in [0.25, 0.3) is 0 Å². The molecule has 0 radical (unpaired) electrons. The van der Waals surface area contributed by atoms with Crippen molar-refractivity contribution in [2.24, 2.45) is 5.92 Å². The van der Waals surface area contributed by atoms with E-state index in [0.29, 0.717) is 12.5 Å².